The monoisotopic (exact) mass is 276 g/mol. The summed E-state index contributed by atoms with van der Waals surface area (Å²) in [5.41, 5.74) is 8.10. The molecule has 1 atom stereocenters. The van der Waals surface area contributed by atoms with E-state index >= 15 is 0 Å². The van der Waals surface area contributed by atoms with Crippen LogP contribution in [0.5, 0.6) is 5.75 Å². The van der Waals surface area contributed by atoms with Gasteiger partial charge in [0.25, 0.3) is 5.91 Å². The standard InChI is InChI=1S/C16H24N2O2/c1-4-5-13(17)12-6-7-15-14(8-12)18(9-11(2)3)16(19)10-20-15/h6-8,11,13H,4-5,9-10,17H2,1-3H3. The zero-order chi connectivity index (χ0) is 14.7. The lowest BCUT2D eigenvalue weighted by Gasteiger charge is -2.31. The Morgan fingerprint density at radius 1 is 1.40 bits per heavy atom. The Labute approximate surface area is 120 Å². The molecule has 1 aliphatic heterocycles. The summed E-state index contributed by atoms with van der Waals surface area (Å²) in [5, 5.41) is 0. The van der Waals surface area contributed by atoms with Gasteiger partial charge >= 0.3 is 0 Å². The van der Waals surface area contributed by atoms with Crippen molar-refractivity contribution in [2.24, 2.45) is 11.7 Å². The molecule has 0 fully saturated rings. The fraction of sp³-hybridized carbons (Fsp3) is 0.562. The van der Waals surface area contributed by atoms with Crippen LogP contribution in [0.15, 0.2) is 18.2 Å². The Morgan fingerprint density at radius 2 is 2.15 bits per heavy atom. The molecule has 4 nitrogen and oxygen atoms in total. The van der Waals surface area contributed by atoms with Crippen molar-refractivity contribution in [1.29, 1.82) is 0 Å². The lowest BCUT2D eigenvalue weighted by atomic mass is 10.0. The van der Waals surface area contributed by atoms with Crippen LogP contribution < -0.4 is 15.4 Å². The summed E-state index contributed by atoms with van der Waals surface area (Å²) < 4.78 is 5.51. The predicted octanol–water partition coefficient (Wildman–Crippen LogP) is 2.87. The number of rotatable bonds is 5. The van der Waals surface area contributed by atoms with E-state index in [1.807, 2.05) is 23.1 Å². The number of ether oxygens (including phenoxy) is 1. The van der Waals surface area contributed by atoms with E-state index in [9.17, 15) is 4.79 Å². The Kier molecular flexibility index (Phi) is 4.65. The summed E-state index contributed by atoms with van der Waals surface area (Å²) in [7, 11) is 0. The molecule has 0 saturated heterocycles. The fourth-order valence-corrected chi connectivity index (χ4v) is 2.49. The highest BCUT2D eigenvalue weighted by molar-refractivity contribution is 5.97. The maximum atomic E-state index is 12.1. The van der Waals surface area contributed by atoms with Gasteiger partial charge in [0.15, 0.2) is 6.61 Å². The largest absolute Gasteiger partial charge is 0.482 e. The molecule has 0 radical (unpaired) electrons. The van der Waals surface area contributed by atoms with Gasteiger partial charge in [-0.2, -0.15) is 0 Å². The number of hydrogen-bond donors (Lipinski definition) is 1. The first kappa shape index (κ1) is 14.9. The summed E-state index contributed by atoms with van der Waals surface area (Å²) in [6.07, 6.45) is 1.99. The zero-order valence-corrected chi connectivity index (χ0v) is 12.6. The lowest BCUT2D eigenvalue weighted by molar-refractivity contribution is -0.121. The van der Waals surface area contributed by atoms with Crippen LogP contribution in [0.25, 0.3) is 0 Å². The van der Waals surface area contributed by atoms with Crippen molar-refractivity contribution in [3.8, 4) is 5.75 Å². The third-order valence-electron chi connectivity index (χ3n) is 3.50. The second-order valence-corrected chi connectivity index (χ2v) is 5.81. The molecule has 1 aliphatic rings. The van der Waals surface area contributed by atoms with Gasteiger partial charge in [-0.3, -0.25) is 4.79 Å². The molecule has 2 rings (SSSR count). The fourth-order valence-electron chi connectivity index (χ4n) is 2.49. The van der Waals surface area contributed by atoms with E-state index in [1.54, 1.807) is 0 Å². The number of hydrogen-bond acceptors (Lipinski definition) is 3. The number of benzene rings is 1. The molecule has 1 unspecified atom stereocenters. The van der Waals surface area contributed by atoms with Gasteiger partial charge in [0.2, 0.25) is 0 Å². The third-order valence-corrected chi connectivity index (χ3v) is 3.50. The summed E-state index contributed by atoms with van der Waals surface area (Å²) in [6, 6.07) is 5.96. The first-order valence-electron chi connectivity index (χ1n) is 7.35. The predicted molar refractivity (Wildman–Crippen MR) is 81.0 cm³/mol. The van der Waals surface area contributed by atoms with Crippen molar-refractivity contribution in [2.75, 3.05) is 18.1 Å². The molecule has 110 valence electrons. The summed E-state index contributed by atoms with van der Waals surface area (Å²) >= 11 is 0. The van der Waals surface area contributed by atoms with Crippen LogP contribution >= 0.6 is 0 Å². The molecule has 0 bridgehead atoms. The Morgan fingerprint density at radius 3 is 2.80 bits per heavy atom. The highest BCUT2D eigenvalue weighted by Crippen LogP contribution is 2.35. The van der Waals surface area contributed by atoms with E-state index in [0.717, 1.165) is 29.8 Å². The second kappa shape index (κ2) is 6.27. The summed E-state index contributed by atoms with van der Waals surface area (Å²) in [6.45, 7) is 7.17. The molecule has 0 saturated carbocycles. The van der Waals surface area contributed by atoms with Crippen LogP contribution in [0.4, 0.5) is 5.69 Å². The number of nitrogens with zero attached hydrogens (tertiary/aromatic N) is 1. The number of fused-ring (bicyclic) bond motifs is 1. The molecule has 1 aromatic rings. The van der Waals surface area contributed by atoms with E-state index < -0.39 is 0 Å². The highest BCUT2D eigenvalue weighted by atomic mass is 16.5. The molecule has 4 heteroatoms. The minimum absolute atomic E-state index is 0.0169. The van der Waals surface area contributed by atoms with Crippen LogP contribution in [-0.2, 0) is 4.79 Å². The number of carbonyl (C=O) groups is 1. The Bertz CT molecular complexity index is 485. The van der Waals surface area contributed by atoms with Gasteiger partial charge in [-0.1, -0.05) is 33.3 Å². The van der Waals surface area contributed by atoms with E-state index in [2.05, 4.69) is 20.8 Å². The maximum Gasteiger partial charge on any atom is 0.265 e. The van der Waals surface area contributed by atoms with Crippen LogP contribution in [0.3, 0.4) is 0 Å². The van der Waals surface area contributed by atoms with Gasteiger partial charge in [0.1, 0.15) is 5.75 Å². The van der Waals surface area contributed by atoms with Gasteiger partial charge in [0.05, 0.1) is 5.69 Å². The zero-order valence-electron chi connectivity index (χ0n) is 12.6. The maximum absolute atomic E-state index is 12.1. The van der Waals surface area contributed by atoms with Crippen LogP contribution in [0.1, 0.15) is 45.2 Å². The molecule has 20 heavy (non-hydrogen) atoms. The highest BCUT2D eigenvalue weighted by Gasteiger charge is 2.26. The van der Waals surface area contributed by atoms with E-state index in [0.29, 0.717) is 12.5 Å². The van der Waals surface area contributed by atoms with Crippen LogP contribution in [0, 0.1) is 5.92 Å². The number of anilines is 1. The van der Waals surface area contributed by atoms with Crippen molar-refractivity contribution in [3.63, 3.8) is 0 Å². The molecule has 2 N–H and O–H groups in total. The average molecular weight is 276 g/mol. The van der Waals surface area contributed by atoms with Gasteiger partial charge in [0, 0.05) is 12.6 Å². The van der Waals surface area contributed by atoms with Crippen LogP contribution in [-0.4, -0.2) is 19.1 Å². The quantitative estimate of drug-likeness (QED) is 0.899. The molecule has 0 spiro atoms. The van der Waals surface area contributed by atoms with Crippen LogP contribution in [0.2, 0.25) is 0 Å². The average Bonchev–Trinajstić information content (AvgIpc) is 2.41. The number of nitrogens with two attached hydrogens (primary N) is 1. The number of carbonyl (C=O) groups excluding carboxylic acids is 1. The smallest absolute Gasteiger partial charge is 0.265 e. The SMILES string of the molecule is CCCC(N)c1ccc2c(c1)N(CC(C)C)C(=O)CO2. The van der Waals surface area contributed by atoms with Crippen molar-refractivity contribution >= 4 is 11.6 Å². The summed E-state index contributed by atoms with van der Waals surface area (Å²) in [5.74, 6) is 1.21. The van der Waals surface area contributed by atoms with Crippen molar-refractivity contribution in [3.05, 3.63) is 23.8 Å². The molecule has 1 aromatic carbocycles. The molecular weight excluding hydrogens is 252 g/mol. The van der Waals surface area contributed by atoms with Gasteiger partial charge < -0.3 is 15.4 Å². The molecule has 0 aromatic heterocycles. The normalized spacial score (nSPS) is 16.1. The van der Waals surface area contributed by atoms with E-state index in [4.69, 9.17) is 10.5 Å². The number of amides is 1. The van der Waals surface area contributed by atoms with Crippen molar-refractivity contribution < 1.29 is 9.53 Å². The first-order chi connectivity index (χ1) is 9.52. The minimum atomic E-state index is 0.0169. The van der Waals surface area contributed by atoms with Gasteiger partial charge in [-0.05, 0) is 30.0 Å². The molecule has 0 aliphatic carbocycles. The molecule has 1 heterocycles. The second-order valence-electron chi connectivity index (χ2n) is 5.81. The third kappa shape index (κ3) is 3.12. The van der Waals surface area contributed by atoms with Gasteiger partial charge in [-0.15, -0.1) is 0 Å². The van der Waals surface area contributed by atoms with Gasteiger partial charge in [-0.25, -0.2) is 0 Å². The Hall–Kier alpha value is -1.55. The van der Waals surface area contributed by atoms with Crippen molar-refractivity contribution in [2.45, 2.75) is 39.7 Å². The van der Waals surface area contributed by atoms with E-state index in [1.165, 1.54) is 0 Å². The molecule has 1 amide bonds. The van der Waals surface area contributed by atoms with E-state index in [-0.39, 0.29) is 18.6 Å². The van der Waals surface area contributed by atoms with Crippen molar-refractivity contribution in [1.82, 2.24) is 0 Å². The minimum Gasteiger partial charge on any atom is -0.482 e. The topological polar surface area (TPSA) is 55.6 Å². The first-order valence-corrected chi connectivity index (χ1v) is 7.35. The summed E-state index contributed by atoms with van der Waals surface area (Å²) in [4.78, 5) is 13.9. The lowest BCUT2D eigenvalue weighted by Crippen LogP contribution is -2.41. The molecular formula is C16H24N2O2. The Balaban J connectivity index is 2.33.